The van der Waals surface area contributed by atoms with Crippen LogP contribution in [0.3, 0.4) is 0 Å². The maximum absolute atomic E-state index is 12.7. The zero-order chi connectivity index (χ0) is 19.4. The first-order chi connectivity index (χ1) is 13.0. The smallest absolute Gasteiger partial charge is 0.253 e. The second kappa shape index (κ2) is 8.12. The van der Waals surface area contributed by atoms with Gasteiger partial charge in [-0.15, -0.1) is 0 Å². The Bertz CT molecular complexity index is 868. The van der Waals surface area contributed by atoms with E-state index in [-0.39, 0.29) is 17.9 Å². The molecule has 0 aliphatic carbocycles. The van der Waals surface area contributed by atoms with Crippen molar-refractivity contribution in [3.63, 3.8) is 0 Å². The quantitative estimate of drug-likeness (QED) is 0.720. The Kier molecular flexibility index (Phi) is 5.64. The largest absolute Gasteiger partial charge is 0.345 e. The zero-order valence-corrected chi connectivity index (χ0v) is 16.1. The van der Waals surface area contributed by atoms with Crippen molar-refractivity contribution in [2.75, 3.05) is 0 Å². The van der Waals surface area contributed by atoms with Crippen LogP contribution in [-0.4, -0.2) is 25.7 Å². The van der Waals surface area contributed by atoms with E-state index < -0.39 is 0 Å². The van der Waals surface area contributed by atoms with E-state index in [1.54, 1.807) is 29.3 Å². The number of nitrogens with zero attached hydrogens (tertiary/aromatic N) is 4. The van der Waals surface area contributed by atoms with Crippen LogP contribution in [0, 0.1) is 5.92 Å². The fraction of sp³-hybridized carbons (Fsp3) is 0.333. The van der Waals surface area contributed by atoms with E-state index in [0.29, 0.717) is 17.3 Å². The topological polar surface area (TPSA) is 72.7 Å². The molecular weight excluding hydrogens is 338 g/mol. The molecule has 3 rings (SSSR count). The van der Waals surface area contributed by atoms with Gasteiger partial charge in [-0.3, -0.25) is 4.79 Å². The van der Waals surface area contributed by atoms with Gasteiger partial charge >= 0.3 is 0 Å². The number of pyridine rings is 1. The molecule has 3 aromatic rings. The molecule has 1 unspecified atom stereocenters. The molecule has 6 nitrogen and oxygen atoms in total. The van der Waals surface area contributed by atoms with Gasteiger partial charge in [-0.05, 0) is 35.1 Å². The highest BCUT2D eigenvalue weighted by Gasteiger charge is 2.19. The molecule has 140 valence electrons. The van der Waals surface area contributed by atoms with Gasteiger partial charge < -0.3 is 5.32 Å². The third kappa shape index (κ3) is 4.39. The van der Waals surface area contributed by atoms with Crippen molar-refractivity contribution in [2.45, 2.75) is 39.7 Å². The first kappa shape index (κ1) is 18.8. The van der Waals surface area contributed by atoms with Crippen molar-refractivity contribution in [1.82, 2.24) is 25.1 Å². The normalized spacial score (nSPS) is 12.4. The van der Waals surface area contributed by atoms with Gasteiger partial charge in [0.15, 0.2) is 5.82 Å². The molecule has 1 N–H and O–H groups in total. The van der Waals surface area contributed by atoms with Crippen LogP contribution in [0.2, 0.25) is 0 Å². The maximum Gasteiger partial charge on any atom is 0.253 e. The van der Waals surface area contributed by atoms with Gasteiger partial charge in [-0.2, -0.15) is 5.10 Å². The Labute approximate surface area is 159 Å². The first-order valence-electron chi connectivity index (χ1n) is 9.17. The molecule has 0 bridgehead atoms. The van der Waals surface area contributed by atoms with Crippen molar-refractivity contribution in [1.29, 1.82) is 0 Å². The van der Waals surface area contributed by atoms with Crippen molar-refractivity contribution in [3.05, 3.63) is 71.9 Å². The molecule has 0 saturated carbocycles. The van der Waals surface area contributed by atoms with Gasteiger partial charge in [0.2, 0.25) is 0 Å². The first-order valence-corrected chi connectivity index (χ1v) is 9.17. The third-order valence-electron chi connectivity index (χ3n) is 4.58. The monoisotopic (exact) mass is 363 g/mol. The van der Waals surface area contributed by atoms with E-state index in [9.17, 15) is 4.79 Å². The molecule has 0 aliphatic heterocycles. The Morgan fingerprint density at radius 2 is 1.70 bits per heavy atom. The zero-order valence-electron chi connectivity index (χ0n) is 16.1. The van der Waals surface area contributed by atoms with E-state index in [0.717, 1.165) is 5.56 Å². The summed E-state index contributed by atoms with van der Waals surface area (Å²) in [4.78, 5) is 20.9. The summed E-state index contributed by atoms with van der Waals surface area (Å²) >= 11 is 0. The Morgan fingerprint density at radius 3 is 2.22 bits per heavy atom. The average molecular weight is 363 g/mol. The molecule has 6 heteroatoms. The van der Waals surface area contributed by atoms with Crippen LogP contribution in [0.4, 0.5) is 0 Å². The van der Waals surface area contributed by atoms with Gasteiger partial charge in [0, 0.05) is 6.20 Å². The van der Waals surface area contributed by atoms with Gasteiger partial charge in [-0.25, -0.2) is 14.6 Å². The molecule has 0 radical (unpaired) electrons. The van der Waals surface area contributed by atoms with Crippen molar-refractivity contribution in [3.8, 4) is 5.82 Å². The summed E-state index contributed by atoms with van der Waals surface area (Å²) in [7, 11) is 0. The van der Waals surface area contributed by atoms with Gasteiger partial charge in [-0.1, -0.05) is 52.0 Å². The molecule has 0 fully saturated rings. The minimum atomic E-state index is -0.140. The highest BCUT2D eigenvalue weighted by atomic mass is 16.1. The van der Waals surface area contributed by atoms with E-state index in [1.165, 1.54) is 11.9 Å². The molecule has 2 aromatic heterocycles. The fourth-order valence-electron chi connectivity index (χ4n) is 2.93. The van der Waals surface area contributed by atoms with Gasteiger partial charge in [0.1, 0.15) is 12.7 Å². The number of aromatic nitrogens is 4. The van der Waals surface area contributed by atoms with Crippen LogP contribution < -0.4 is 5.32 Å². The number of carbonyl (C=O) groups excluding carboxylic acids is 1. The number of hydrogen-bond acceptors (Lipinski definition) is 4. The average Bonchev–Trinajstić information content (AvgIpc) is 3.20. The molecule has 0 saturated heterocycles. The Hall–Kier alpha value is -3.02. The van der Waals surface area contributed by atoms with E-state index in [2.05, 4.69) is 72.3 Å². The highest BCUT2D eigenvalue weighted by Crippen LogP contribution is 2.24. The predicted molar refractivity (Wildman–Crippen MR) is 105 cm³/mol. The van der Waals surface area contributed by atoms with Crippen molar-refractivity contribution in [2.24, 2.45) is 5.92 Å². The van der Waals surface area contributed by atoms with Crippen LogP contribution in [0.1, 0.15) is 61.1 Å². The second-order valence-electron chi connectivity index (χ2n) is 7.26. The lowest BCUT2D eigenvalue weighted by Crippen LogP contribution is -2.31. The van der Waals surface area contributed by atoms with Crippen molar-refractivity contribution >= 4 is 5.91 Å². The lowest BCUT2D eigenvalue weighted by molar-refractivity contribution is 0.0925. The van der Waals surface area contributed by atoms with Crippen LogP contribution in [0.25, 0.3) is 5.82 Å². The standard InChI is InChI=1S/C21H25N5O/c1-14(2)16-5-7-17(8-6-16)20(15(3)4)25-21(27)18-9-10-19(23-11-18)26-13-22-12-24-26/h5-15,20H,1-4H3,(H,25,27). The number of benzene rings is 1. The molecular formula is C21H25N5O. The summed E-state index contributed by atoms with van der Waals surface area (Å²) in [6, 6.07) is 11.9. The van der Waals surface area contributed by atoms with Gasteiger partial charge in [0.05, 0.1) is 11.6 Å². The van der Waals surface area contributed by atoms with E-state index >= 15 is 0 Å². The molecule has 1 aromatic carbocycles. The molecule has 1 amide bonds. The summed E-state index contributed by atoms with van der Waals surface area (Å²) in [5.41, 5.74) is 2.92. The van der Waals surface area contributed by atoms with Crippen LogP contribution >= 0.6 is 0 Å². The number of amides is 1. The van der Waals surface area contributed by atoms with Crippen LogP contribution in [0.15, 0.2) is 55.2 Å². The SMILES string of the molecule is CC(C)c1ccc(C(NC(=O)c2ccc(-n3cncn3)nc2)C(C)C)cc1. The lowest BCUT2D eigenvalue weighted by atomic mass is 9.93. The van der Waals surface area contributed by atoms with E-state index in [4.69, 9.17) is 0 Å². The highest BCUT2D eigenvalue weighted by molar-refractivity contribution is 5.94. The number of rotatable bonds is 6. The molecule has 2 heterocycles. The predicted octanol–water partition coefficient (Wildman–Crippen LogP) is 3.91. The van der Waals surface area contributed by atoms with Crippen molar-refractivity contribution < 1.29 is 4.79 Å². The Balaban J connectivity index is 1.75. The summed E-state index contributed by atoms with van der Waals surface area (Å²) in [6.07, 6.45) is 4.57. The second-order valence-corrected chi connectivity index (χ2v) is 7.26. The Morgan fingerprint density at radius 1 is 1.00 bits per heavy atom. The molecule has 1 atom stereocenters. The lowest BCUT2D eigenvalue weighted by Gasteiger charge is -2.23. The summed E-state index contributed by atoms with van der Waals surface area (Å²) < 4.78 is 1.55. The number of carbonyl (C=O) groups is 1. The van der Waals surface area contributed by atoms with Crippen LogP contribution in [0.5, 0.6) is 0 Å². The molecule has 27 heavy (non-hydrogen) atoms. The summed E-state index contributed by atoms with van der Waals surface area (Å²) in [6.45, 7) is 8.56. The third-order valence-corrected chi connectivity index (χ3v) is 4.58. The fourth-order valence-corrected chi connectivity index (χ4v) is 2.93. The minimum absolute atomic E-state index is 0.0614. The van der Waals surface area contributed by atoms with E-state index in [1.807, 2.05) is 0 Å². The number of nitrogens with one attached hydrogen (secondary N) is 1. The van der Waals surface area contributed by atoms with Crippen LogP contribution in [-0.2, 0) is 0 Å². The van der Waals surface area contributed by atoms with Gasteiger partial charge in [0.25, 0.3) is 5.91 Å². The molecule has 0 spiro atoms. The maximum atomic E-state index is 12.7. The summed E-state index contributed by atoms with van der Waals surface area (Å²) in [5, 5.41) is 7.17. The molecule has 0 aliphatic rings. The minimum Gasteiger partial charge on any atom is -0.345 e. The number of hydrogen-bond donors (Lipinski definition) is 1. The summed E-state index contributed by atoms with van der Waals surface area (Å²) in [5.74, 6) is 1.23.